The molecule has 2 aromatic heterocycles. The summed E-state index contributed by atoms with van der Waals surface area (Å²) in [7, 11) is 0. The van der Waals surface area contributed by atoms with Gasteiger partial charge in [-0.3, -0.25) is 19.6 Å². The first-order valence-corrected chi connectivity index (χ1v) is 13.1. The van der Waals surface area contributed by atoms with Crippen LogP contribution in [0.1, 0.15) is 17.5 Å². The molecule has 1 saturated heterocycles. The summed E-state index contributed by atoms with van der Waals surface area (Å²) < 4.78 is 0. The van der Waals surface area contributed by atoms with E-state index >= 15 is 0 Å². The molecule has 0 aliphatic carbocycles. The smallest absolute Gasteiger partial charge is 0.246 e. The second kappa shape index (κ2) is 12.6. The van der Waals surface area contributed by atoms with Gasteiger partial charge < -0.3 is 9.80 Å². The highest BCUT2D eigenvalue weighted by Crippen LogP contribution is 2.18. The largest absolute Gasteiger partial charge is 0.337 e. The third kappa shape index (κ3) is 6.54. The number of carbonyl (C=O) groups excluding carboxylic acids is 2. The molecule has 3 heterocycles. The van der Waals surface area contributed by atoms with Gasteiger partial charge in [0.05, 0.1) is 11.0 Å². The summed E-state index contributed by atoms with van der Waals surface area (Å²) in [6, 6.07) is 19.9. The van der Waals surface area contributed by atoms with Crippen LogP contribution >= 0.6 is 0 Å². The molecule has 0 spiro atoms. The van der Waals surface area contributed by atoms with Gasteiger partial charge in [-0.05, 0) is 41.8 Å². The van der Waals surface area contributed by atoms with Gasteiger partial charge >= 0.3 is 0 Å². The van der Waals surface area contributed by atoms with Crippen LogP contribution in [0.5, 0.6) is 0 Å². The lowest BCUT2D eigenvalue weighted by atomic mass is 10.1. The Morgan fingerprint density at radius 2 is 1.05 bits per heavy atom. The highest BCUT2D eigenvalue weighted by atomic mass is 16.2. The summed E-state index contributed by atoms with van der Waals surface area (Å²) in [4.78, 5) is 37.9. The van der Waals surface area contributed by atoms with Crippen LogP contribution in [0.3, 0.4) is 0 Å². The lowest BCUT2D eigenvalue weighted by molar-refractivity contribution is -0.128. The second-order valence-corrected chi connectivity index (χ2v) is 9.28. The average molecular weight is 515 g/mol. The first kappa shape index (κ1) is 25.8. The minimum atomic E-state index is -0.0448. The van der Waals surface area contributed by atoms with Gasteiger partial charge in [0.15, 0.2) is 0 Å². The van der Waals surface area contributed by atoms with E-state index in [-0.39, 0.29) is 11.8 Å². The molecule has 1 aliphatic rings. The molecule has 0 atom stereocenters. The molecule has 2 aromatic carbocycles. The number of carbonyl (C=O) groups is 2. The molecule has 194 valence electrons. The van der Waals surface area contributed by atoms with Crippen LogP contribution < -0.4 is 0 Å². The quantitative estimate of drug-likeness (QED) is 0.245. The normalized spacial score (nSPS) is 14.9. The third-order valence-corrected chi connectivity index (χ3v) is 6.74. The molecule has 0 unspecified atom stereocenters. The zero-order chi connectivity index (χ0) is 26.9. The summed E-state index contributed by atoms with van der Waals surface area (Å²) in [6.45, 7) is 2.29. The summed E-state index contributed by atoms with van der Waals surface area (Å²) >= 11 is 0. The van der Waals surface area contributed by atoms with Gasteiger partial charge in [-0.25, -0.2) is 0 Å². The molecule has 0 bridgehead atoms. The van der Waals surface area contributed by atoms with Crippen molar-refractivity contribution in [1.29, 1.82) is 0 Å². The Morgan fingerprint density at radius 1 is 0.590 bits per heavy atom. The Balaban J connectivity index is 1.13. The van der Waals surface area contributed by atoms with Crippen LogP contribution in [-0.2, 0) is 9.59 Å². The van der Waals surface area contributed by atoms with Crippen LogP contribution in [-0.4, -0.2) is 57.8 Å². The molecule has 1 fully saturated rings. The number of amides is 2. The topological polar surface area (TPSA) is 66.4 Å². The van der Waals surface area contributed by atoms with E-state index in [9.17, 15) is 9.59 Å². The van der Waals surface area contributed by atoms with Gasteiger partial charge in [0, 0.05) is 61.5 Å². The maximum absolute atomic E-state index is 12.8. The van der Waals surface area contributed by atoms with Crippen LogP contribution in [0, 0.1) is 0 Å². The fraction of sp³-hybridized carbons (Fsp3) is 0.152. The number of nitrogens with zero attached hydrogens (tertiary/aromatic N) is 4. The summed E-state index contributed by atoms with van der Waals surface area (Å²) in [5.41, 5.74) is 3.99. The molecule has 5 rings (SSSR count). The van der Waals surface area contributed by atoms with E-state index in [1.807, 2.05) is 85.0 Å². The molecule has 1 aliphatic heterocycles. The fourth-order valence-corrected chi connectivity index (χ4v) is 4.69. The molecule has 0 saturated carbocycles. The lowest BCUT2D eigenvalue weighted by Crippen LogP contribution is -2.36. The maximum atomic E-state index is 12.8. The summed E-state index contributed by atoms with van der Waals surface area (Å²) in [5.74, 6) is -0.0897. The number of rotatable bonds is 6. The van der Waals surface area contributed by atoms with Crippen LogP contribution in [0.25, 0.3) is 34.0 Å². The number of fused-ring (bicyclic) bond motifs is 2. The predicted octanol–water partition coefficient (Wildman–Crippen LogP) is 5.68. The van der Waals surface area contributed by atoms with Gasteiger partial charge in [-0.1, -0.05) is 72.9 Å². The number of hydrogen-bond acceptors (Lipinski definition) is 4. The van der Waals surface area contributed by atoms with Crippen LogP contribution in [0.4, 0.5) is 0 Å². The number of para-hydroxylation sites is 2. The van der Waals surface area contributed by atoms with E-state index in [0.29, 0.717) is 26.2 Å². The van der Waals surface area contributed by atoms with Gasteiger partial charge in [-0.2, -0.15) is 0 Å². The number of allylic oxidation sites excluding steroid dienone is 4. The van der Waals surface area contributed by atoms with E-state index in [1.54, 1.807) is 46.5 Å². The fourth-order valence-electron chi connectivity index (χ4n) is 4.69. The molecular formula is C33H30N4O2. The number of benzene rings is 2. The first-order chi connectivity index (χ1) is 19.2. The number of aromatic nitrogens is 2. The molecule has 0 N–H and O–H groups in total. The number of pyridine rings is 2. The van der Waals surface area contributed by atoms with E-state index in [1.165, 1.54) is 0 Å². The van der Waals surface area contributed by atoms with Crippen molar-refractivity contribution in [3.63, 3.8) is 0 Å². The maximum Gasteiger partial charge on any atom is 0.246 e. The first-order valence-electron chi connectivity index (χ1n) is 13.1. The van der Waals surface area contributed by atoms with Crippen LogP contribution in [0.2, 0.25) is 0 Å². The Labute approximate surface area is 228 Å². The van der Waals surface area contributed by atoms with Crippen molar-refractivity contribution >= 4 is 45.8 Å². The van der Waals surface area contributed by atoms with Gasteiger partial charge in [0.1, 0.15) is 0 Å². The Bertz CT molecular complexity index is 1470. The molecule has 4 aromatic rings. The second-order valence-electron chi connectivity index (χ2n) is 9.28. The van der Waals surface area contributed by atoms with Gasteiger partial charge in [0.25, 0.3) is 0 Å². The third-order valence-electron chi connectivity index (χ3n) is 6.74. The van der Waals surface area contributed by atoms with Crippen molar-refractivity contribution < 1.29 is 9.59 Å². The molecule has 6 nitrogen and oxygen atoms in total. The van der Waals surface area contributed by atoms with Gasteiger partial charge in [-0.15, -0.1) is 0 Å². The number of hydrogen-bond donors (Lipinski definition) is 0. The van der Waals surface area contributed by atoms with Crippen LogP contribution in [0.15, 0.2) is 110 Å². The average Bonchev–Trinajstić information content (AvgIpc) is 3.24. The Morgan fingerprint density at radius 3 is 1.54 bits per heavy atom. The monoisotopic (exact) mass is 514 g/mol. The highest BCUT2D eigenvalue weighted by Gasteiger charge is 2.19. The van der Waals surface area contributed by atoms with E-state index in [0.717, 1.165) is 39.4 Å². The standard InChI is InChI=1S/C33H30N4O2/c38-32(16-7-1-10-26-18-20-34-30-14-5-3-12-28(26)30)36-22-9-23-37(25-24-36)33(39)17-8-2-11-27-19-21-35-31-15-6-4-13-29(27)31/h1-8,10-21H,9,22-25H2. The molecule has 0 radical (unpaired) electrons. The Kier molecular flexibility index (Phi) is 8.34. The molecule has 39 heavy (non-hydrogen) atoms. The van der Waals surface area contributed by atoms with E-state index in [2.05, 4.69) is 9.97 Å². The molecular weight excluding hydrogens is 484 g/mol. The van der Waals surface area contributed by atoms with Crippen molar-refractivity contribution in [2.24, 2.45) is 0 Å². The van der Waals surface area contributed by atoms with Gasteiger partial charge in [0.2, 0.25) is 11.8 Å². The minimum absolute atomic E-state index is 0.0448. The van der Waals surface area contributed by atoms with Crippen molar-refractivity contribution in [3.8, 4) is 0 Å². The van der Waals surface area contributed by atoms with E-state index in [4.69, 9.17) is 0 Å². The lowest BCUT2D eigenvalue weighted by Gasteiger charge is -2.20. The van der Waals surface area contributed by atoms with E-state index < -0.39 is 0 Å². The van der Waals surface area contributed by atoms with Crippen molar-refractivity contribution in [2.45, 2.75) is 6.42 Å². The summed E-state index contributed by atoms with van der Waals surface area (Å²) in [5, 5.41) is 2.15. The SMILES string of the molecule is O=C(C=CC=Cc1ccnc2ccccc12)N1CCCN(C(=O)C=CC=Cc2ccnc3ccccc23)CC1. The predicted molar refractivity (Wildman–Crippen MR) is 158 cm³/mol. The molecule has 6 heteroatoms. The zero-order valence-corrected chi connectivity index (χ0v) is 21.7. The van der Waals surface area contributed by atoms with Crippen molar-refractivity contribution in [3.05, 3.63) is 121 Å². The molecule has 2 amide bonds. The minimum Gasteiger partial charge on any atom is -0.337 e. The van der Waals surface area contributed by atoms with Crippen molar-refractivity contribution in [1.82, 2.24) is 19.8 Å². The summed E-state index contributed by atoms with van der Waals surface area (Å²) in [6.07, 6.45) is 18.8. The zero-order valence-electron chi connectivity index (χ0n) is 21.7. The Hall–Kier alpha value is -4.84. The van der Waals surface area contributed by atoms with Crippen molar-refractivity contribution in [2.75, 3.05) is 26.2 Å². The highest BCUT2D eigenvalue weighted by molar-refractivity contribution is 5.91.